The molecule has 0 fully saturated rings. The maximum Gasteiger partial charge on any atom is 0.306 e. The average Bonchev–Trinajstić information content (AvgIpc) is 2.33. The van der Waals surface area contributed by atoms with Gasteiger partial charge in [-0.1, -0.05) is 6.92 Å². The smallest absolute Gasteiger partial charge is 0.306 e. The Balaban J connectivity index is 2.61. The molecule has 0 aliphatic heterocycles. The van der Waals surface area contributed by atoms with Crippen molar-refractivity contribution in [3.05, 3.63) is 17.6 Å². The van der Waals surface area contributed by atoms with Crippen molar-refractivity contribution in [1.82, 2.24) is 9.97 Å². The summed E-state index contributed by atoms with van der Waals surface area (Å²) in [7, 11) is 1.50. The predicted octanol–water partition coefficient (Wildman–Crippen LogP) is 1.25. The van der Waals surface area contributed by atoms with Crippen molar-refractivity contribution in [2.45, 2.75) is 32.8 Å². The first-order valence-electron chi connectivity index (χ1n) is 5.88. The number of carboxylic acid groups (broad SMARTS) is 1. The van der Waals surface area contributed by atoms with Crippen molar-refractivity contribution in [2.24, 2.45) is 0 Å². The largest absolute Gasteiger partial charge is 0.481 e. The highest BCUT2D eigenvalue weighted by Crippen LogP contribution is 2.08. The van der Waals surface area contributed by atoms with Crippen molar-refractivity contribution < 1.29 is 14.6 Å². The van der Waals surface area contributed by atoms with Crippen LogP contribution in [0.5, 0.6) is 0 Å². The van der Waals surface area contributed by atoms with Gasteiger partial charge in [-0.2, -0.15) is 0 Å². The molecule has 0 saturated heterocycles. The molecule has 1 aromatic heterocycles. The number of carbonyl (C=O) groups is 1. The van der Waals surface area contributed by atoms with E-state index >= 15 is 0 Å². The first-order chi connectivity index (χ1) is 8.55. The molecule has 18 heavy (non-hydrogen) atoms. The number of aryl methyl sites for hydroxylation is 2. The van der Waals surface area contributed by atoms with Crippen molar-refractivity contribution in [2.75, 3.05) is 19.0 Å². The molecule has 0 aliphatic carbocycles. The predicted molar refractivity (Wildman–Crippen MR) is 67.7 cm³/mol. The Morgan fingerprint density at radius 3 is 2.83 bits per heavy atom. The highest BCUT2D eigenvalue weighted by atomic mass is 16.5. The van der Waals surface area contributed by atoms with E-state index < -0.39 is 5.97 Å². The van der Waals surface area contributed by atoms with Crippen LogP contribution in [-0.4, -0.2) is 40.8 Å². The zero-order chi connectivity index (χ0) is 13.5. The van der Waals surface area contributed by atoms with Gasteiger partial charge >= 0.3 is 5.97 Å². The van der Waals surface area contributed by atoms with E-state index in [1.54, 1.807) is 0 Å². The minimum atomic E-state index is -0.878. The second-order valence-corrected chi connectivity index (χ2v) is 3.98. The molecular formula is C12H19N3O3. The molecule has 1 unspecified atom stereocenters. The maximum atomic E-state index is 10.6. The third-order valence-corrected chi connectivity index (χ3v) is 2.50. The quantitative estimate of drug-likeness (QED) is 0.760. The standard InChI is InChI=1S/C12H19N3O3/c1-4-9-5-11(15-8(2)14-9)13-7-10(18-3)6-12(16)17/h5,10H,4,6-7H2,1-3H3,(H,16,17)(H,13,14,15). The third-order valence-electron chi connectivity index (χ3n) is 2.50. The van der Waals surface area contributed by atoms with E-state index in [9.17, 15) is 4.79 Å². The summed E-state index contributed by atoms with van der Waals surface area (Å²) in [6.07, 6.45) is 0.428. The van der Waals surface area contributed by atoms with Gasteiger partial charge in [-0.3, -0.25) is 4.79 Å². The first kappa shape index (κ1) is 14.4. The topological polar surface area (TPSA) is 84.3 Å². The summed E-state index contributed by atoms with van der Waals surface area (Å²) in [6, 6.07) is 1.86. The molecule has 1 rings (SSSR count). The average molecular weight is 253 g/mol. The van der Waals surface area contributed by atoms with E-state index in [1.165, 1.54) is 7.11 Å². The van der Waals surface area contributed by atoms with E-state index in [2.05, 4.69) is 15.3 Å². The summed E-state index contributed by atoms with van der Waals surface area (Å²) >= 11 is 0. The van der Waals surface area contributed by atoms with E-state index in [4.69, 9.17) is 9.84 Å². The molecule has 0 aliphatic rings. The Bertz CT molecular complexity index is 410. The summed E-state index contributed by atoms with van der Waals surface area (Å²) in [4.78, 5) is 19.1. The molecular weight excluding hydrogens is 234 g/mol. The number of hydrogen-bond acceptors (Lipinski definition) is 5. The van der Waals surface area contributed by atoms with Gasteiger partial charge in [-0.25, -0.2) is 9.97 Å². The van der Waals surface area contributed by atoms with E-state index in [1.807, 2.05) is 19.9 Å². The van der Waals surface area contributed by atoms with Crippen LogP contribution in [0.1, 0.15) is 24.9 Å². The molecule has 0 spiro atoms. The highest BCUT2D eigenvalue weighted by molar-refractivity contribution is 5.67. The van der Waals surface area contributed by atoms with Gasteiger partial charge in [-0.15, -0.1) is 0 Å². The van der Waals surface area contributed by atoms with Crippen LogP contribution < -0.4 is 5.32 Å². The number of ether oxygens (including phenoxy) is 1. The second-order valence-electron chi connectivity index (χ2n) is 3.98. The van der Waals surface area contributed by atoms with Gasteiger partial charge < -0.3 is 15.2 Å². The molecule has 0 bridgehead atoms. The van der Waals surface area contributed by atoms with Crippen LogP contribution in [0.25, 0.3) is 0 Å². The van der Waals surface area contributed by atoms with Crippen molar-refractivity contribution in [3.8, 4) is 0 Å². The minimum absolute atomic E-state index is 0.0335. The number of nitrogens with one attached hydrogen (secondary N) is 1. The van der Waals surface area contributed by atoms with Crippen molar-refractivity contribution >= 4 is 11.8 Å². The number of methoxy groups -OCH3 is 1. The second kappa shape index (κ2) is 6.90. The molecule has 0 saturated carbocycles. The fourth-order valence-corrected chi connectivity index (χ4v) is 1.55. The molecule has 1 atom stereocenters. The first-order valence-corrected chi connectivity index (χ1v) is 5.88. The summed E-state index contributed by atoms with van der Waals surface area (Å²) < 4.78 is 5.08. The van der Waals surface area contributed by atoms with E-state index in [0.29, 0.717) is 18.2 Å². The summed E-state index contributed by atoms with van der Waals surface area (Å²) in [5, 5.41) is 11.8. The monoisotopic (exact) mass is 253 g/mol. The lowest BCUT2D eigenvalue weighted by Gasteiger charge is -2.14. The molecule has 6 nitrogen and oxygen atoms in total. The van der Waals surface area contributed by atoms with Crippen LogP contribution in [0.15, 0.2) is 6.07 Å². The summed E-state index contributed by atoms with van der Waals surface area (Å²) in [6.45, 7) is 4.26. The Hall–Kier alpha value is -1.69. The molecule has 1 heterocycles. The van der Waals surface area contributed by atoms with Gasteiger partial charge in [0.2, 0.25) is 0 Å². The van der Waals surface area contributed by atoms with Gasteiger partial charge in [0.15, 0.2) is 0 Å². The van der Waals surface area contributed by atoms with E-state index in [0.717, 1.165) is 12.1 Å². The number of aromatic nitrogens is 2. The van der Waals surface area contributed by atoms with Gasteiger partial charge in [-0.05, 0) is 13.3 Å². The Kier molecular flexibility index (Phi) is 5.51. The van der Waals surface area contributed by atoms with Gasteiger partial charge in [0.25, 0.3) is 0 Å². The number of nitrogens with zero attached hydrogens (tertiary/aromatic N) is 2. The summed E-state index contributed by atoms with van der Waals surface area (Å²) in [5.74, 6) is 0.521. The van der Waals surface area contributed by atoms with E-state index in [-0.39, 0.29) is 12.5 Å². The van der Waals surface area contributed by atoms with Crippen LogP contribution in [0.4, 0.5) is 5.82 Å². The van der Waals surface area contributed by atoms with Crippen molar-refractivity contribution in [1.29, 1.82) is 0 Å². The van der Waals surface area contributed by atoms with Crippen molar-refractivity contribution in [3.63, 3.8) is 0 Å². The third kappa shape index (κ3) is 4.67. The minimum Gasteiger partial charge on any atom is -0.481 e. The maximum absolute atomic E-state index is 10.6. The van der Waals surface area contributed by atoms with Crippen LogP contribution in [0.2, 0.25) is 0 Å². The Labute approximate surface area is 106 Å². The molecule has 0 radical (unpaired) electrons. The molecule has 0 aromatic carbocycles. The van der Waals surface area contributed by atoms with Gasteiger partial charge in [0.05, 0.1) is 12.5 Å². The molecule has 6 heteroatoms. The normalized spacial score (nSPS) is 12.2. The fourth-order valence-electron chi connectivity index (χ4n) is 1.55. The Morgan fingerprint density at radius 2 is 2.28 bits per heavy atom. The van der Waals surface area contributed by atoms with Gasteiger partial charge in [0.1, 0.15) is 11.6 Å². The molecule has 2 N–H and O–H groups in total. The number of anilines is 1. The van der Waals surface area contributed by atoms with Crippen LogP contribution >= 0.6 is 0 Å². The highest BCUT2D eigenvalue weighted by Gasteiger charge is 2.12. The zero-order valence-electron chi connectivity index (χ0n) is 10.9. The summed E-state index contributed by atoms with van der Waals surface area (Å²) in [5.41, 5.74) is 0.956. The van der Waals surface area contributed by atoms with Gasteiger partial charge in [0, 0.05) is 25.4 Å². The fraction of sp³-hybridized carbons (Fsp3) is 0.583. The molecule has 1 aromatic rings. The lowest BCUT2D eigenvalue weighted by Crippen LogP contribution is -2.25. The number of hydrogen-bond donors (Lipinski definition) is 2. The van der Waals surface area contributed by atoms with Crippen LogP contribution in [-0.2, 0) is 16.0 Å². The molecule has 100 valence electrons. The SMILES string of the molecule is CCc1cc(NCC(CC(=O)O)OC)nc(C)n1. The van der Waals surface area contributed by atoms with Crippen LogP contribution in [0.3, 0.4) is 0 Å². The molecule has 0 amide bonds. The number of aliphatic carboxylic acids is 1. The lowest BCUT2D eigenvalue weighted by molar-refractivity contribution is -0.139. The number of carboxylic acids is 1. The number of rotatable bonds is 7. The lowest BCUT2D eigenvalue weighted by atomic mass is 10.2. The zero-order valence-corrected chi connectivity index (χ0v) is 10.9. The Morgan fingerprint density at radius 1 is 1.56 bits per heavy atom. The van der Waals surface area contributed by atoms with Crippen LogP contribution in [0, 0.1) is 6.92 Å².